The molecular weight excluding hydrogens is 328 g/mol. The minimum absolute atomic E-state index is 0.0459. The van der Waals surface area contributed by atoms with Gasteiger partial charge in [0.05, 0.1) is 0 Å². The predicted octanol–water partition coefficient (Wildman–Crippen LogP) is 4.25. The van der Waals surface area contributed by atoms with Crippen molar-refractivity contribution in [2.75, 3.05) is 5.32 Å². The molecule has 0 saturated carbocycles. The Bertz CT molecular complexity index is 834. The van der Waals surface area contributed by atoms with E-state index in [1.54, 1.807) is 24.3 Å². The standard InChI is InChI=1S/C15H10F4N4O/c16-12-6-5-9(24-15(17,18)19)7-11(12)10-3-1-2-4-13(10)22-14-20-8-21-23-14/h1-8H,(H2,20,21,22,23). The van der Waals surface area contributed by atoms with Crippen LogP contribution in [0.2, 0.25) is 0 Å². The molecule has 2 N–H and O–H groups in total. The number of halogens is 4. The van der Waals surface area contributed by atoms with Crippen molar-refractivity contribution in [1.82, 2.24) is 15.2 Å². The zero-order chi connectivity index (χ0) is 17.2. The molecular formula is C15H10F4N4O. The van der Waals surface area contributed by atoms with E-state index < -0.39 is 17.9 Å². The van der Waals surface area contributed by atoms with Crippen molar-refractivity contribution in [1.29, 1.82) is 0 Å². The van der Waals surface area contributed by atoms with Crippen LogP contribution in [0.4, 0.5) is 29.2 Å². The van der Waals surface area contributed by atoms with Crippen LogP contribution in [0.5, 0.6) is 5.75 Å². The van der Waals surface area contributed by atoms with Gasteiger partial charge < -0.3 is 10.1 Å². The molecule has 5 nitrogen and oxygen atoms in total. The molecule has 0 atom stereocenters. The number of hydrogen-bond donors (Lipinski definition) is 2. The van der Waals surface area contributed by atoms with E-state index in [1.165, 1.54) is 6.33 Å². The quantitative estimate of drug-likeness (QED) is 0.698. The van der Waals surface area contributed by atoms with Gasteiger partial charge in [-0.05, 0) is 24.3 Å². The molecule has 0 unspecified atom stereocenters. The van der Waals surface area contributed by atoms with Crippen molar-refractivity contribution in [3.8, 4) is 16.9 Å². The lowest BCUT2D eigenvalue weighted by Crippen LogP contribution is -2.17. The lowest BCUT2D eigenvalue weighted by molar-refractivity contribution is -0.274. The number of nitrogens with one attached hydrogen (secondary N) is 2. The lowest BCUT2D eigenvalue weighted by atomic mass is 10.0. The molecule has 0 spiro atoms. The number of alkyl halides is 3. The van der Waals surface area contributed by atoms with Gasteiger partial charge in [0.2, 0.25) is 5.95 Å². The second kappa shape index (κ2) is 6.19. The number of aromatic amines is 1. The molecule has 0 aliphatic rings. The van der Waals surface area contributed by atoms with E-state index in [9.17, 15) is 17.6 Å². The number of benzene rings is 2. The highest BCUT2D eigenvalue weighted by Crippen LogP contribution is 2.34. The Morgan fingerprint density at radius 1 is 1.04 bits per heavy atom. The number of para-hydroxylation sites is 1. The molecule has 0 aliphatic heterocycles. The summed E-state index contributed by atoms with van der Waals surface area (Å²) in [5.41, 5.74) is 0.725. The summed E-state index contributed by atoms with van der Waals surface area (Å²) in [5.74, 6) is -0.953. The number of rotatable bonds is 4. The monoisotopic (exact) mass is 338 g/mol. The third-order valence-corrected chi connectivity index (χ3v) is 3.05. The first kappa shape index (κ1) is 15.8. The highest BCUT2D eigenvalue weighted by Gasteiger charge is 2.31. The molecule has 0 saturated heterocycles. The fourth-order valence-corrected chi connectivity index (χ4v) is 2.12. The smallest absolute Gasteiger partial charge is 0.406 e. The first-order chi connectivity index (χ1) is 11.4. The highest BCUT2D eigenvalue weighted by atomic mass is 19.4. The maximum atomic E-state index is 14.1. The second-order valence-corrected chi connectivity index (χ2v) is 4.68. The minimum Gasteiger partial charge on any atom is -0.406 e. The maximum Gasteiger partial charge on any atom is 0.573 e. The summed E-state index contributed by atoms with van der Waals surface area (Å²) in [6.45, 7) is 0. The molecule has 0 radical (unpaired) electrons. The largest absolute Gasteiger partial charge is 0.573 e. The van der Waals surface area contributed by atoms with Gasteiger partial charge in [-0.15, -0.1) is 18.3 Å². The number of nitrogens with zero attached hydrogens (tertiary/aromatic N) is 2. The van der Waals surface area contributed by atoms with Crippen molar-refractivity contribution >= 4 is 11.6 Å². The van der Waals surface area contributed by atoms with E-state index in [0.717, 1.165) is 18.2 Å². The van der Waals surface area contributed by atoms with E-state index >= 15 is 0 Å². The summed E-state index contributed by atoms with van der Waals surface area (Å²) in [6.07, 6.45) is -3.50. The van der Waals surface area contributed by atoms with Crippen molar-refractivity contribution in [2.24, 2.45) is 0 Å². The molecule has 1 aromatic heterocycles. The van der Waals surface area contributed by atoms with Gasteiger partial charge in [-0.2, -0.15) is 0 Å². The second-order valence-electron chi connectivity index (χ2n) is 4.68. The van der Waals surface area contributed by atoms with Crippen molar-refractivity contribution < 1.29 is 22.3 Å². The number of H-pyrrole nitrogens is 1. The Morgan fingerprint density at radius 2 is 1.83 bits per heavy atom. The average Bonchev–Trinajstić information content (AvgIpc) is 3.02. The van der Waals surface area contributed by atoms with Crippen LogP contribution in [0, 0.1) is 5.82 Å². The summed E-state index contributed by atoms with van der Waals surface area (Å²) < 4.78 is 55.1. The highest BCUT2D eigenvalue weighted by molar-refractivity contribution is 5.80. The van der Waals surface area contributed by atoms with Gasteiger partial charge in [-0.1, -0.05) is 18.2 Å². The lowest BCUT2D eigenvalue weighted by Gasteiger charge is -2.13. The van der Waals surface area contributed by atoms with Crippen LogP contribution in [0.25, 0.3) is 11.1 Å². The fourth-order valence-electron chi connectivity index (χ4n) is 2.12. The zero-order valence-electron chi connectivity index (χ0n) is 11.9. The van der Waals surface area contributed by atoms with Crippen LogP contribution >= 0.6 is 0 Å². The Kier molecular flexibility index (Phi) is 4.07. The van der Waals surface area contributed by atoms with Crippen molar-refractivity contribution in [3.63, 3.8) is 0 Å². The van der Waals surface area contributed by atoms with Gasteiger partial charge in [0, 0.05) is 16.8 Å². The van der Waals surface area contributed by atoms with Crippen molar-refractivity contribution in [2.45, 2.75) is 6.36 Å². The summed E-state index contributed by atoms with van der Waals surface area (Å²) in [7, 11) is 0. The SMILES string of the molecule is Fc1ccc(OC(F)(F)F)cc1-c1ccccc1Nc1nc[nH]n1. The van der Waals surface area contributed by atoms with Crippen molar-refractivity contribution in [3.05, 3.63) is 54.6 Å². The zero-order valence-corrected chi connectivity index (χ0v) is 11.9. The minimum atomic E-state index is -4.86. The Balaban J connectivity index is 2.01. The molecule has 0 bridgehead atoms. The maximum absolute atomic E-state index is 14.1. The summed E-state index contributed by atoms with van der Waals surface area (Å²) >= 11 is 0. The molecule has 24 heavy (non-hydrogen) atoms. The molecule has 2 aromatic carbocycles. The Labute approximate surface area is 133 Å². The summed E-state index contributed by atoms with van der Waals surface area (Å²) in [5, 5.41) is 9.20. The van der Waals surface area contributed by atoms with Crippen LogP contribution in [-0.4, -0.2) is 21.5 Å². The van der Waals surface area contributed by atoms with Gasteiger partial charge in [-0.3, -0.25) is 5.10 Å². The van der Waals surface area contributed by atoms with Crippen LogP contribution in [0.15, 0.2) is 48.8 Å². The molecule has 3 rings (SSSR count). The molecule has 0 fully saturated rings. The first-order valence-corrected chi connectivity index (χ1v) is 6.70. The topological polar surface area (TPSA) is 62.8 Å². The summed E-state index contributed by atoms with van der Waals surface area (Å²) in [4.78, 5) is 3.89. The van der Waals surface area contributed by atoms with E-state index in [4.69, 9.17) is 0 Å². The molecule has 1 heterocycles. The van der Waals surface area contributed by atoms with Gasteiger partial charge in [0.25, 0.3) is 0 Å². The average molecular weight is 338 g/mol. The molecule has 0 amide bonds. The molecule has 0 aliphatic carbocycles. The van der Waals surface area contributed by atoms with E-state index in [-0.39, 0.29) is 11.5 Å². The van der Waals surface area contributed by atoms with E-state index in [1.807, 2.05) is 0 Å². The van der Waals surface area contributed by atoms with Gasteiger partial charge >= 0.3 is 6.36 Å². The van der Waals surface area contributed by atoms with Gasteiger partial charge in [-0.25, -0.2) is 9.37 Å². The third kappa shape index (κ3) is 3.62. The number of anilines is 2. The van der Waals surface area contributed by atoms with Gasteiger partial charge in [0.1, 0.15) is 17.9 Å². The number of hydrogen-bond acceptors (Lipinski definition) is 4. The van der Waals surface area contributed by atoms with Crippen LogP contribution in [-0.2, 0) is 0 Å². The normalized spacial score (nSPS) is 11.3. The van der Waals surface area contributed by atoms with Gasteiger partial charge in [0.15, 0.2) is 0 Å². The van der Waals surface area contributed by atoms with Crippen LogP contribution in [0.3, 0.4) is 0 Å². The first-order valence-electron chi connectivity index (χ1n) is 6.70. The number of aromatic nitrogens is 3. The van der Waals surface area contributed by atoms with E-state index in [0.29, 0.717) is 11.3 Å². The third-order valence-electron chi connectivity index (χ3n) is 3.05. The number of ether oxygens (including phenoxy) is 1. The molecule has 124 valence electrons. The molecule has 3 aromatic rings. The molecule has 9 heteroatoms. The predicted molar refractivity (Wildman–Crippen MR) is 78.2 cm³/mol. The van der Waals surface area contributed by atoms with E-state index in [2.05, 4.69) is 25.2 Å². The summed E-state index contributed by atoms with van der Waals surface area (Å²) in [6, 6.07) is 9.33. The fraction of sp³-hybridized carbons (Fsp3) is 0.0667. The van der Waals surface area contributed by atoms with Crippen LogP contribution in [0.1, 0.15) is 0 Å². The van der Waals surface area contributed by atoms with Crippen LogP contribution < -0.4 is 10.1 Å². The Morgan fingerprint density at radius 3 is 2.54 bits per heavy atom. The Hall–Kier alpha value is -3.10.